The van der Waals surface area contributed by atoms with Crippen molar-refractivity contribution in [3.05, 3.63) is 35.4 Å². The summed E-state index contributed by atoms with van der Waals surface area (Å²) in [6.07, 6.45) is -0.291. The molecule has 0 heterocycles. The summed E-state index contributed by atoms with van der Waals surface area (Å²) in [4.78, 5) is 0. The van der Waals surface area contributed by atoms with Crippen molar-refractivity contribution in [2.45, 2.75) is 6.17 Å². The van der Waals surface area contributed by atoms with E-state index in [0.29, 0.717) is 5.56 Å². The van der Waals surface area contributed by atoms with Gasteiger partial charge in [-0.3, -0.25) is 0 Å². The van der Waals surface area contributed by atoms with E-state index in [9.17, 15) is 8.78 Å². The standard InChI is InChI=1S/C9H12F2N2/c1-12-9(13-2)7-4-3-6(10)5-8(7)11/h3-5,9,12-13H,1-2H3. The highest BCUT2D eigenvalue weighted by molar-refractivity contribution is 5.21. The molecule has 0 radical (unpaired) electrons. The molecule has 72 valence electrons. The van der Waals surface area contributed by atoms with E-state index >= 15 is 0 Å². The fourth-order valence-electron chi connectivity index (χ4n) is 1.19. The van der Waals surface area contributed by atoms with Crippen molar-refractivity contribution in [2.24, 2.45) is 0 Å². The first-order valence-electron chi connectivity index (χ1n) is 3.98. The highest BCUT2D eigenvalue weighted by atomic mass is 19.1. The molecule has 1 aromatic rings. The molecule has 0 aliphatic carbocycles. The first-order valence-corrected chi connectivity index (χ1v) is 3.98. The van der Waals surface area contributed by atoms with Gasteiger partial charge in [0.1, 0.15) is 11.6 Å². The quantitative estimate of drug-likeness (QED) is 0.697. The summed E-state index contributed by atoms with van der Waals surface area (Å²) < 4.78 is 25.7. The maximum atomic E-state index is 13.2. The van der Waals surface area contributed by atoms with Crippen molar-refractivity contribution in [2.75, 3.05) is 14.1 Å². The van der Waals surface area contributed by atoms with Crippen molar-refractivity contribution < 1.29 is 8.78 Å². The molecule has 0 saturated carbocycles. The van der Waals surface area contributed by atoms with Gasteiger partial charge in [-0.25, -0.2) is 8.78 Å². The topological polar surface area (TPSA) is 24.1 Å². The van der Waals surface area contributed by atoms with Gasteiger partial charge in [0.15, 0.2) is 0 Å². The number of hydrogen-bond donors (Lipinski definition) is 2. The van der Waals surface area contributed by atoms with E-state index in [-0.39, 0.29) is 6.17 Å². The van der Waals surface area contributed by atoms with E-state index in [1.54, 1.807) is 14.1 Å². The number of hydrogen-bond acceptors (Lipinski definition) is 2. The molecule has 0 amide bonds. The predicted octanol–water partition coefficient (Wildman–Crippen LogP) is 1.40. The number of benzene rings is 1. The van der Waals surface area contributed by atoms with Crippen LogP contribution in [0.3, 0.4) is 0 Å². The Labute approximate surface area is 76.0 Å². The zero-order chi connectivity index (χ0) is 9.84. The van der Waals surface area contributed by atoms with Crippen molar-refractivity contribution in [1.82, 2.24) is 10.6 Å². The molecular weight excluding hydrogens is 174 g/mol. The lowest BCUT2D eigenvalue weighted by atomic mass is 10.1. The van der Waals surface area contributed by atoms with Crippen molar-refractivity contribution in [3.63, 3.8) is 0 Å². The van der Waals surface area contributed by atoms with Crippen LogP contribution in [0.5, 0.6) is 0 Å². The van der Waals surface area contributed by atoms with E-state index in [1.807, 2.05) is 0 Å². The molecule has 0 saturated heterocycles. The van der Waals surface area contributed by atoms with Crippen molar-refractivity contribution in [1.29, 1.82) is 0 Å². The molecule has 2 nitrogen and oxygen atoms in total. The van der Waals surface area contributed by atoms with E-state index in [0.717, 1.165) is 6.07 Å². The molecule has 4 heteroatoms. The third-order valence-electron chi connectivity index (χ3n) is 1.85. The normalized spacial score (nSPS) is 10.8. The zero-order valence-corrected chi connectivity index (χ0v) is 7.57. The van der Waals surface area contributed by atoms with Gasteiger partial charge in [0, 0.05) is 11.6 Å². The van der Waals surface area contributed by atoms with Gasteiger partial charge in [0.05, 0.1) is 6.17 Å². The Morgan fingerprint density at radius 1 is 1.15 bits per heavy atom. The van der Waals surface area contributed by atoms with Gasteiger partial charge in [0.25, 0.3) is 0 Å². The summed E-state index contributed by atoms with van der Waals surface area (Å²) in [5.74, 6) is -1.11. The first kappa shape index (κ1) is 10.1. The highest BCUT2D eigenvalue weighted by Crippen LogP contribution is 2.15. The summed E-state index contributed by atoms with van der Waals surface area (Å²) in [5.41, 5.74) is 0.409. The van der Waals surface area contributed by atoms with Crippen molar-refractivity contribution in [3.8, 4) is 0 Å². The summed E-state index contributed by atoms with van der Waals surface area (Å²) in [6, 6.07) is 3.53. The fourth-order valence-corrected chi connectivity index (χ4v) is 1.19. The molecule has 0 spiro atoms. The smallest absolute Gasteiger partial charge is 0.132 e. The van der Waals surface area contributed by atoms with Crippen LogP contribution in [0, 0.1) is 11.6 Å². The molecule has 0 aliphatic rings. The number of nitrogens with one attached hydrogen (secondary N) is 2. The Hall–Kier alpha value is -1.00. The molecule has 13 heavy (non-hydrogen) atoms. The minimum absolute atomic E-state index is 0.291. The lowest BCUT2D eigenvalue weighted by molar-refractivity contribution is 0.480. The van der Waals surface area contributed by atoms with Crippen LogP contribution in [-0.4, -0.2) is 14.1 Å². The third-order valence-corrected chi connectivity index (χ3v) is 1.85. The maximum Gasteiger partial charge on any atom is 0.132 e. The second-order valence-corrected chi connectivity index (χ2v) is 2.68. The molecule has 1 aromatic carbocycles. The van der Waals surface area contributed by atoms with Gasteiger partial charge in [0.2, 0.25) is 0 Å². The van der Waals surface area contributed by atoms with Crippen LogP contribution in [0.4, 0.5) is 8.78 Å². The Morgan fingerprint density at radius 3 is 2.23 bits per heavy atom. The summed E-state index contributed by atoms with van der Waals surface area (Å²) >= 11 is 0. The first-order chi connectivity index (χ1) is 6.19. The third kappa shape index (κ3) is 2.23. The lowest BCUT2D eigenvalue weighted by Crippen LogP contribution is -2.29. The molecule has 0 aliphatic heterocycles. The molecular formula is C9H12F2N2. The Balaban J connectivity index is 2.99. The number of rotatable bonds is 3. The molecule has 0 bridgehead atoms. The molecule has 1 rings (SSSR count). The molecule has 0 fully saturated rings. The predicted molar refractivity (Wildman–Crippen MR) is 47.2 cm³/mol. The van der Waals surface area contributed by atoms with Gasteiger partial charge in [-0.1, -0.05) is 6.07 Å². The second-order valence-electron chi connectivity index (χ2n) is 2.68. The minimum atomic E-state index is -0.563. The van der Waals surface area contributed by atoms with Crippen LogP contribution in [0.25, 0.3) is 0 Å². The van der Waals surface area contributed by atoms with Crippen LogP contribution in [0.1, 0.15) is 11.7 Å². The largest absolute Gasteiger partial charge is 0.301 e. The van der Waals surface area contributed by atoms with Crippen LogP contribution >= 0.6 is 0 Å². The van der Waals surface area contributed by atoms with Gasteiger partial charge in [-0.2, -0.15) is 0 Å². The van der Waals surface area contributed by atoms with E-state index in [4.69, 9.17) is 0 Å². The maximum absolute atomic E-state index is 13.2. The fraction of sp³-hybridized carbons (Fsp3) is 0.333. The molecule has 0 aromatic heterocycles. The molecule has 0 unspecified atom stereocenters. The second kappa shape index (κ2) is 4.30. The van der Waals surface area contributed by atoms with Gasteiger partial charge >= 0.3 is 0 Å². The van der Waals surface area contributed by atoms with Crippen LogP contribution < -0.4 is 10.6 Å². The molecule has 0 atom stereocenters. The van der Waals surface area contributed by atoms with E-state index in [2.05, 4.69) is 10.6 Å². The summed E-state index contributed by atoms with van der Waals surface area (Å²) in [5, 5.41) is 5.71. The molecule has 2 N–H and O–H groups in total. The van der Waals surface area contributed by atoms with Crippen LogP contribution in [-0.2, 0) is 0 Å². The van der Waals surface area contributed by atoms with Gasteiger partial charge < -0.3 is 10.6 Å². The Bertz CT molecular complexity index is 285. The average Bonchev–Trinajstić information content (AvgIpc) is 2.10. The number of halogens is 2. The lowest BCUT2D eigenvalue weighted by Gasteiger charge is -2.15. The Morgan fingerprint density at radius 2 is 1.77 bits per heavy atom. The monoisotopic (exact) mass is 186 g/mol. The zero-order valence-electron chi connectivity index (χ0n) is 7.57. The Kier molecular flexibility index (Phi) is 3.33. The van der Waals surface area contributed by atoms with E-state index < -0.39 is 11.6 Å². The van der Waals surface area contributed by atoms with Crippen molar-refractivity contribution >= 4 is 0 Å². The van der Waals surface area contributed by atoms with Gasteiger partial charge in [-0.15, -0.1) is 0 Å². The minimum Gasteiger partial charge on any atom is -0.301 e. The van der Waals surface area contributed by atoms with Gasteiger partial charge in [-0.05, 0) is 20.2 Å². The average molecular weight is 186 g/mol. The van der Waals surface area contributed by atoms with Crippen LogP contribution in [0.2, 0.25) is 0 Å². The van der Waals surface area contributed by atoms with E-state index in [1.165, 1.54) is 12.1 Å². The summed E-state index contributed by atoms with van der Waals surface area (Å²) in [6.45, 7) is 0. The van der Waals surface area contributed by atoms with Crippen LogP contribution in [0.15, 0.2) is 18.2 Å². The highest BCUT2D eigenvalue weighted by Gasteiger charge is 2.11. The summed E-state index contributed by atoms with van der Waals surface area (Å²) in [7, 11) is 3.40. The SMILES string of the molecule is CNC(NC)c1ccc(F)cc1F.